The van der Waals surface area contributed by atoms with Gasteiger partial charge in [-0.2, -0.15) is 0 Å². The minimum Gasteiger partial charge on any atom is -0.370 e. The Labute approximate surface area is 304 Å². The van der Waals surface area contributed by atoms with Crippen LogP contribution in [0.1, 0.15) is 5.56 Å². The fourth-order valence-electron chi connectivity index (χ4n) is 4.63. The van der Waals surface area contributed by atoms with Gasteiger partial charge in [0.05, 0.1) is 34.3 Å². The van der Waals surface area contributed by atoms with Gasteiger partial charge in [0, 0.05) is 70.7 Å². The SMILES string of the molecule is CN(CCN=C(N)N)C(=O)n1ccc(N(C)C(=O)n2ccc(N(C)C(=O)n3ccc(NC(=O)C(=O)/C=C/c4ccc(S(=O)(=O)CCCl)cc4)c3)c2)c1. The number of hydrogen-bond donors (Lipinski definition) is 3. The lowest BCUT2D eigenvalue weighted by Gasteiger charge is -2.18. The second-order valence-electron chi connectivity index (χ2n) is 11.3. The molecule has 274 valence electrons. The maximum atomic E-state index is 13.2. The molecule has 0 fully saturated rings. The van der Waals surface area contributed by atoms with E-state index >= 15 is 0 Å². The molecule has 19 heteroatoms. The number of nitrogens with zero attached hydrogens (tertiary/aromatic N) is 7. The molecular formula is C33H37ClN10O7S. The maximum Gasteiger partial charge on any atom is 0.332 e. The number of aromatic nitrogens is 3. The predicted molar refractivity (Wildman–Crippen MR) is 198 cm³/mol. The number of hydrogen-bond acceptors (Lipinski definition) is 8. The zero-order valence-corrected chi connectivity index (χ0v) is 30.0. The molecule has 0 unspecified atom stereocenters. The van der Waals surface area contributed by atoms with E-state index in [1.807, 2.05) is 0 Å². The van der Waals surface area contributed by atoms with Gasteiger partial charge in [0.2, 0.25) is 5.78 Å². The summed E-state index contributed by atoms with van der Waals surface area (Å²) >= 11 is 5.54. The molecule has 0 atom stereocenters. The van der Waals surface area contributed by atoms with Gasteiger partial charge in [-0.25, -0.2) is 22.8 Å². The van der Waals surface area contributed by atoms with Gasteiger partial charge < -0.3 is 21.7 Å². The van der Waals surface area contributed by atoms with Crippen LogP contribution in [0.4, 0.5) is 31.4 Å². The number of aliphatic imine (C=N–C) groups is 1. The first-order valence-electron chi connectivity index (χ1n) is 15.4. The standard InChI is InChI=1S/C33H37ClN10O7S/c1-39(18-14-37-30(35)36)31(47)43-16-11-25(21-43)41(3)33(49)44-17-12-26(22-44)40(2)32(48)42-15-10-24(20-42)38-29(46)28(45)9-6-23-4-7-27(8-5-23)52(50,51)19-13-34/h4-12,15-17,20-22H,13-14,18-19H2,1-3H3,(H,38,46)(H4,35,36,37)/b9-6+. The number of likely N-dealkylation sites (N-methyl/N-ethyl adjacent to an activating group) is 1. The summed E-state index contributed by atoms with van der Waals surface area (Å²) in [6, 6.07) is 9.03. The van der Waals surface area contributed by atoms with E-state index in [1.54, 1.807) is 19.2 Å². The van der Waals surface area contributed by atoms with E-state index in [0.717, 1.165) is 6.08 Å². The Kier molecular flexibility index (Phi) is 12.4. The molecule has 52 heavy (non-hydrogen) atoms. The monoisotopic (exact) mass is 752 g/mol. The van der Waals surface area contributed by atoms with Crippen molar-refractivity contribution in [1.29, 1.82) is 0 Å². The van der Waals surface area contributed by atoms with Crippen LogP contribution in [0.2, 0.25) is 0 Å². The van der Waals surface area contributed by atoms with Crippen molar-refractivity contribution in [2.24, 2.45) is 16.5 Å². The number of halogens is 1. The quantitative estimate of drug-likeness (QED) is 0.0636. The van der Waals surface area contributed by atoms with Crippen LogP contribution < -0.4 is 26.6 Å². The van der Waals surface area contributed by atoms with Crippen molar-refractivity contribution in [2.75, 3.05) is 61.0 Å². The highest BCUT2D eigenvalue weighted by atomic mass is 35.5. The Balaban J connectivity index is 1.33. The summed E-state index contributed by atoms with van der Waals surface area (Å²) in [6.07, 6.45) is 11.1. The molecule has 4 aromatic rings. The Bertz CT molecular complexity index is 2130. The summed E-state index contributed by atoms with van der Waals surface area (Å²) < 4.78 is 28.0. The zero-order valence-electron chi connectivity index (χ0n) is 28.4. The summed E-state index contributed by atoms with van der Waals surface area (Å²) in [7, 11) is 1.13. The molecule has 0 bridgehead atoms. The summed E-state index contributed by atoms with van der Waals surface area (Å²) in [5.41, 5.74) is 12.1. The Hall–Kier alpha value is -6.14. The van der Waals surface area contributed by atoms with Gasteiger partial charge in [-0.15, -0.1) is 11.6 Å². The molecule has 17 nitrogen and oxygen atoms in total. The molecule has 3 aromatic heterocycles. The van der Waals surface area contributed by atoms with E-state index in [9.17, 15) is 32.4 Å². The molecule has 0 spiro atoms. The number of nitrogens with one attached hydrogen (secondary N) is 1. The van der Waals surface area contributed by atoms with Crippen LogP contribution in [0.3, 0.4) is 0 Å². The third-order valence-corrected chi connectivity index (χ3v) is 9.75. The van der Waals surface area contributed by atoms with Crippen molar-refractivity contribution in [3.05, 3.63) is 91.3 Å². The molecular weight excluding hydrogens is 716 g/mol. The van der Waals surface area contributed by atoms with E-state index in [0.29, 0.717) is 16.9 Å². The van der Waals surface area contributed by atoms with Gasteiger partial charge >= 0.3 is 18.1 Å². The van der Waals surface area contributed by atoms with Crippen LogP contribution in [0.15, 0.2) is 95.6 Å². The van der Waals surface area contributed by atoms with Crippen molar-refractivity contribution in [3.63, 3.8) is 0 Å². The van der Waals surface area contributed by atoms with Gasteiger partial charge in [0.15, 0.2) is 15.8 Å². The number of amides is 4. The Morgan fingerprint density at radius 2 is 1.35 bits per heavy atom. The third kappa shape index (κ3) is 9.55. The van der Waals surface area contributed by atoms with Gasteiger partial charge in [0.1, 0.15) is 0 Å². The Morgan fingerprint density at radius 3 is 1.90 bits per heavy atom. The fraction of sp³-hybridized carbons (Fsp3) is 0.212. The molecule has 0 aliphatic rings. The minimum absolute atomic E-state index is 0.0372. The molecule has 0 saturated carbocycles. The number of alkyl halides is 1. The van der Waals surface area contributed by atoms with Crippen LogP contribution in [-0.2, 0) is 19.4 Å². The van der Waals surface area contributed by atoms with Crippen LogP contribution in [0.5, 0.6) is 0 Å². The first-order valence-corrected chi connectivity index (χ1v) is 17.6. The normalized spacial score (nSPS) is 11.2. The molecule has 4 amide bonds. The smallest absolute Gasteiger partial charge is 0.332 e. The molecule has 1 aromatic carbocycles. The van der Waals surface area contributed by atoms with Gasteiger partial charge in [-0.1, -0.05) is 18.2 Å². The molecule has 0 aliphatic heterocycles. The number of anilines is 3. The average Bonchev–Trinajstić information content (AvgIpc) is 3.91. The van der Waals surface area contributed by atoms with Crippen molar-refractivity contribution < 1.29 is 32.4 Å². The van der Waals surface area contributed by atoms with Gasteiger partial charge in [-0.05, 0) is 42.0 Å². The molecule has 0 radical (unpaired) electrons. The van der Waals surface area contributed by atoms with Crippen LogP contribution in [0.25, 0.3) is 6.08 Å². The lowest BCUT2D eigenvalue weighted by atomic mass is 10.2. The van der Waals surface area contributed by atoms with Crippen molar-refractivity contribution in [3.8, 4) is 0 Å². The number of benzene rings is 1. The maximum absolute atomic E-state index is 13.2. The highest BCUT2D eigenvalue weighted by molar-refractivity contribution is 7.91. The van der Waals surface area contributed by atoms with Crippen LogP contribution in [0, 0.1) is 0 Å². The van der Waals surface area contributed by atoms with Gasteiger partial charge in [-0.3, -0.25) is 38.1 Å². The van der Waals surface area contributed by atoms with Gasteiger partial charge in [0.25, 0.3) is 5.91 Å². The molecule has 4 rings (SSSR count). The lowest BCUT2D eigenvalue weighted by Crippen LogP contribution is -2.33. The number of nitrogens with two attached hydrogens (primary N) is 2. The number of carbonyl (C=O) groups is 5. The largest absolute Gasteiger partial charge is 0.370 e. The van der Waals surface area contributed by atoms with Crippen molar-refractivity contribution in [1.82, 2.24) is 18.6 Å². The second-order valence-corrected chi connectivity index (χ2v) is 13.8. The highest BCUT2D eigenvalue weighted by Gasteiger charge is 2.21. The summed E-state index contributed by atoms with van der Waals surface area (Å²) in [6.45, 7) is 0.512. The zero-order chi connectivity index (χ0) is 38.2. The number of guanidine groups is 1. The number of sulfone groups is 1. The third-order valence-electron chi connectivity index (χ3n) is 7.61. The van der Waals surface area contributed by atoms with E-state index in [4.69, 9.17) is 23.1 Å². The lowest BCUT2D eigenvalue weighted by molar-refractivity contribution is -0.131. The topological polar surface area (TPSA) is 220 Å². The molecule has 5 N–H and O–H groups in total. The van der Waals surface area contributed by atoms with E-state index in [1.165, 1.54) is 116 Å². The second kappa shape index (κ2) is 16.7. The first kappa shape index (κ1) is 38.7. The van der Waals surface area contributed by atoms with Crippen LogP contribution in [-0.4, -0.2) is 109 Å². The molecule has 0 aliphatic carbocycles. The highest BCUT2D eigenvalue weighted by Crippen LogP contribution is 2.20. The van der Waals surface area contributed by atoms with E-state index in [-0.39, 0.29) is 47.3 Å². The van der Waals surface area contributed by atoms with E-state index < -0.39 is 33.6 Å². The minimum atomic E-state index is -3.50. The van der Waals surface area contributed by atoms with Crippen molar-refractivity contribution >= 4 is 80.3 Å². The molecule has 3 heterocycles. The number of carbonyl (C=O) groups excluding carboxylic acids is 5. The fourth-order valence-corrected chi connectivity index (χ4v) is 6.23. The summed E-state index contributed by atoms with van der Waals surface area (Å²) in [5.74, 6) is -2.14. The summed E-state index contributed by atoms with van der Waals surface area (Å²) in [5, 5.41) is 2.43. The molecule has 0 saturated heterocycles. The van der Waals surface area contributed by atoms with Crippen molar-refractivity contribution in [2.45, 2.75) is 4.90 Å². The predicted octanol–water partition coefficient (Wildman–Crippen LogP) is 2.71. The van der Waals surface area contributed by atoms with E-state index in [2.05, 4.69) is 10.3 Å². The average molecular weight is 753 g/mol. The van der Waals surface area contributed by atoms with Crippen LogP contribution >= 0.6 is 11.6 Å². The number of ketones is 1. The Morgan fingerprint density at radius 1 is 0.808 bits per heavy atom. The first-order chi connectivity index (χ1) is 24.6. The number of rotatable bonds is 12. The summed E-state index contributed by atoms with van der Waals surface area (Å²) in [4.78, 5) is 72.1.